The molecule has 2 amide bonds. The number of nitrogens with zero attached hydrogens (tertiary/aromatic N) is 1. The second-order valence-corrected chi connectivity index (χ2v) is 4.00. The van der Waals surface area contributed by atoms with Gasteiger partial charge in [-0.1, -0.05) is 19.9 Å². The minimum absolute atomic E-state index is 0.0315. The first kappa shape index (κ1) is 17.9. The molecule has 0 saturated heterocycles. The average molecular weight is 244 g/mol. The minimum Gasteiger partial charge on any atom is -0.453 e. The van der Waals surface area contributed by atoms with Gasteiger partial charge in [0.15, 0.2) is 0 Å². The number of methoxy groups -OCH3 is 1. The van der Waals surface area contributed by atoms with Gasteiger partial charge in [0.2, 0.25) is 5.91 Å². The Kier molecular flexibility index (Phi) is 10.2. The van der Waals surface area contributed by atoms with Crippen molar-refractivity contribution in [2.45, 2.75) is 26.8 Å². The van der Waals surface area contributed by atoms with Crippen molar-refractivity contribution in [1.29, 1.82) is 0 Å². The Hall–Kier alpha value is -1.52. The van der Waals surface area contributed by atoms with Crippen molar-refractivity contribution in [1.82, 2.24) is 10.2 Å². The van der Waals surface area contributed by atoms with Crippen LogP contribution in [-0.4, -0.2) is 44.1 Å². The molecule has 5 nitrogen and oxygen atoms in total. The lowest BCUT2D eigenvalue weighted by Crippen LogP contribution is -2.49. The van der Waals surface area contributed by atoms with Crippen molar-refractivity contribution in [3.63, 3.8) is 0 Å². The van der Waals surface area contributed by atoms with Gasteiger partial charge in [-0.25, -0.2) is 4.79 Å². The van der Waals surface area contributed by atoms with Crippen LogP contribution >= 0.6 is 0 Å². The summed E-state index contributed by atoms with van der Waals surface area (Å²) in [6.07, 6.45) is 1.17. The summed E-state index contributed by atoms with van der Waals surface area (Å²) in [4.78, 5) is 24.0. The summed E-state index contributed by atoms with van der Waals surface area (Å²) < 4.78 is 4.44. The van der Waals surface area contributed by atoms with Gasteiger partial charge in [-0.2, -0.15) is 0 Å². The number of rotatable bonds is 3. The lowest BCUT2D eigenvalue weighted by atomic mass is 10.0. The first-order valence-electron chi connectivity index (χ1n) is 5.44. The van der Waals surface area contributed by atoms with Crippen molar-refractivity contribution in [3.05, 3.63) is 12.7 Å². The molecule has 0 aliphatic carbocycles. The number of carbonyl (C=O) groups is 2. The van der Waals surface area contributed by atoms with Crippen LogP contribution in [-0.2, 0) is 9.53 Å². The van der Waals surface area contributed by atoms with E-state index >= 15 is 0 Å². The van der Waals surface area contributed by atoms with E-state index in [9.17, 15) is 9.59 Å². The molecule has 0 fully saturated rings. The Morgan fingerprint density at radius 1 is 1.35 bits per heavy atom. The van der Waals surface area contributed by atoms with Crippen LogP contribution in [0.15, 0.2) is 12.7 Å². The standard InChI is InChI=1S/C9H18N2O3.C3H6/c1-6(2)7(8(12)11(3)4)10-9(13)14-5;1-3-2/h6-7H,1-5H3,(H,10,13);3H,1H2,2H3. The van der Waals surface area contributed by atoms with Gasteiger partial charge >= 0.3 is 6.09 Å². The van der Waals surface area contributed by atoms with Gasteiger partial charge in [0.25, 0.3) is 0 Å². The Labute approximate surface area is 104 Å². The van der Waals surface area contributed by atoms with Crippen LogP contribution in [0.5, 0.6) is 0 Å². The number of carbonyl (C=O) groups excluding carboxylic acids is 2. The van der Waals surface area contributed by atoms with E-state index in [1.807, 2.05) is 20.8 Å². The lowest BCUT2D eigenvalue weighted by Gasteiger charge is -2.23. The van der Waals surface area contributed by atoms with Gasteiger partial charge in [-0.15, -0.1) is 6.58 Å². The molecule has 0 rings (SSSR count). The van der Waals surface area contributed by atoms with Crippen LogP contribution in [0.3, 0.4) is 0 Å². The van der Waals surface area contributed by atoms with E-state index in [-0.39, 0.29) is 11.8 Å². The predicted molar refractivity (Wildman–Crippen MR) is 68.7 cm³/mol. The summed E-state index contributed by atoms with van der Waals surface area (Å²) in [7, 11) is 4.57. The largest absolute Gasteiger partial charge is 0.453 e. The van der Waals surface area contributed by atoms with Gasteiger partial charge < -0.3 is 15.0 Å². The molecule has 0 bridgehead atoms. The molecule has 0 aliphatic heterocycles. The van der Waals surface area contributed by atoms with E-state index < -0.39 is 12.1 Å². The normalized spacial score (nSPS) is 10.8. The molecule has 1 unspecified atom stereocenters. The molecule has 0 aromatic heterocycles. The second-order valence-electron chi connectivity index (χ2n) is 4.00. The highest BCUT2D eigenvalue weighted by atomic mass is 16.5. The lowest BCUT2D eigenvalue weighted by molar-refractivity contribution is -0.131. The SMILES string of the molecule is C=CC.COC(=O)NC(C(=O)N(C)C)C(C)C. The maximum absolute atomic E-state index is 11.6. The van der Waals surface area contributed by atoms with Gasteiger partial charge in [-0.05, 0) is 12.8 Å². The van der Waals surface area contributed by atoms with Crippen molar-refractivity contribution in [3.8, 4) is 0 Å². The molecular weight excluding hydrogens is 220 g/mol. The molecule has 1 atom stereocenters. The molecule has 0 saturated carbocycles. The maximum atomic E-state index is 11.6. The fourth-order valence-corrected chi connectivity index (χ4v) is 0.978. The fraction of sp³-hybridized carbons (Fsp3) is 0.667. The summed E-state index contributed by atoms with van der Waals surface area (Å²) in [5.41, 5.74) is 0. The minimum atomic E-state index is -0.584. The molecule has 0 radical (unpaired) electrons. The summed E-state index contributed by atoms with van der Waals surface area (Å²) in [5.74, 6) is -0.102. The molecular formula is C12H24N2O3. The fourth-order valence-electron chi connectivity index (χ4n) is 0.978. The Morgan fingerprint density at radius 3 is 2.00 bits per heavy atom. The van der Waals surface area contributed by atoms with Gasteiger partial charge in [0, 0.05) is 14.1 Å². The zero-order valence-corrected chi connectivity index (χ0v) is 11.6. The van der Waals surface area contributed by atoms with E-state index in [1.165, 1.54) is 12.0 Å². The van der Waals surface area contributed by atoms with E-state index in [1.54, 1.807) is 20.2 Å². The first-order valence-corrected chi connectivity index (χ1v) is 5.44. The number of allylic oxidation sites excluding steroid dienone is 1. The van der Waals surface area contributed by atoms with Crippen molar-refractivity contribution in [2.24, 2.45) is 5.92 Å². The molecule has 0 aliphatic rings. The Balaban J connectivity index is 0. The van der Waals surface area contributed by atoms with Crippen LogP contribution in [0.4, 0.5) is 4.79 Å². The molecule has 0 aromatic carbocycles. The summed E-state index contributed by atoms with van der Waals surface area (Å²) >= 11 is 0. The van der Waals surface area contributed by atoms with Crippen LogP contribution in [0.1, 0.15) is 20.8 Å². The molecule has 0 heterocycles. The van der Waals surface area contributed by atoms with E-state index in [4.69, 9.17) is 0 Å². The first-order chi connectivity index (χ1) is 7.81. The summed E-state index contributed by atoms with van der Waals surface area (Å²) in [6.45, 7) is 8.98. The highest BCUT2D eigenvalue weighted by Gasteiger charge is 2.25. The van der Waals surface area contributed by atoms with E-state index in [0.29, 0.717) is 0 Å². The number of amides is 2. The molecule has 1 N–H and O–H groups in total. The van der Waals surface area contributed by atoms with E-state index in [2.05, 4.69) is 16.6 Å². The number of nitrogens with one attached hydrogen (secondary N) is 1. The van der Waals surface area contributed by atoms with E-state index in [0.717, 1.165) is 0 Å². The smallest absolute Gasteiger partial charge is 0.407 e. The topological polar surface area (TPSA) is 58.6 Å². The van der Waals surface area contributed by atoms with Crippen LogP contribution in [0.2, 0.25) is 0 Å². The quantitative estimate of drug-likeness (QED) is 0.768. The van der Waals surface area contributed by atoms with Crippen LogP contribution in [0.25, 0.3) is 0 Å². The highest BCUT2D eigenvalue weighted by molar-refractivity contribution is 5.85. The van der Waals surface area contributed by atoms with Gasteiger partial charge in [0.05, 0.1) is 7.11 Å². The van der Waals surface area contributed by atoms with Gasteiger partial charge in [-0.3, -0.25) is 4.79 Å². The maximum Gasteiger partial charge on any atom is 0.407 e. The molecule has 0 aromatic rings. The number of alkyl carbamates (subject to hydrolysis) is 1. The highest BCUT2D eigenvalue weighted by Crippen LogP contribution is 2.04. The zero-order valence-electron chi connectivity index (χ0n) is 11.6. The molecule has 100 valence electrons. The average Bonchev–Trinajstić information content (AvgIpc) is 2.25. The third kappa shape index (κ3) is 8.30. The number of ether oxygens (including phenoxy) is 1. The molecule has 0 spiro atoms. The third-order valence-electron chi connectivity index (χ3n) is 1.83. The molecule has 17 heavy (non-hydrogen) atoms. The predicted octanol–water partition coefficient (Wildman–Crippen LogP) is 1.65. The van der Waals surface area contributed by atoms with Crippen molar-refractivity contribution >= 4 is 12.0 Å². The zero-order chi connectivity index (χ0) is 14.0. The monoisotopic (exact) mass is 244 g/mol. The third-order valence-corrected chi connectivity index (χ3v) is 1.83. The Morgan fingerprint density at radius 2 is 1.76 bits per heavy atom. The number of hydrogen-bond acceptors (Lipinski definition) is 3. The second kappa shape index (κ2) is 9.69. The van der Waals surface area contributed by atoms with Crippen LogP contribution in [0, 0.1) is 5.92 Å². The summed E-state index contributed by atoms with van der Waals surface area (Å²) in [6, 6.07) is -0.530. The van der Waals surface area contributed by atoms with Gasteiger partial charge in [0.1, 0.15) is 6.04 Å². The number of likely N-dealkylation sites (N-methyl/N-ethyl adjacent to an activating group) is 1. The van der Waals surface area contributed by atoms with Crippen LogP contribution < -0.4 is 5.32 Å². The Bertz CT molecular complexity index is 250. The van der Waals surface area contributed by atoms with Crippen molar-refractivity contribution in [2.75, 3.05) is 21.2 Å². The number of hydrogen-bond donors (Lipinski definition) is 1. The molecule has 5 heteroatoms. The summed E-state index contributed by atoms with van der Waals surface area (Å²) in [5, 5.41) is 2.49. The van der Waals surface area contributed by atoms with Crippen molar-refractivity contribution < 1.29 is 14.3 Å².